The van der Waals surface area contributed by atoms with Gasteiger partial charge in [-0.1, -0.05) is 30.3 Å². The van der Waals surface area contributed by atoms with Gasteiger partial charge in [-0.15, -0.1) is 0 Å². The Labute approximate surface area is 176 Å². The Kier molecular flexibility index (Phi) is 6.53. The molecule has 154 valence electrons. The number of aromatic carboxylic acids is 1. The lowest BCUT2D eigenvalue weighted by Crippen LogP contribution is -2.34. The predicted molar refractivity (Wildman–Crippen MR) is 109 cm³/mol. The van der Waals surface area contributed by atoms with Gasteiger partial charge in [0.25, 0.3) is 11.1 Å². The minimum atomic E-state index is -1.01. The second-order valence-corrected chi connectivity index (χ2v) is 7.17. The zero-order valence-electron chi connectivity index (χ0n) is 15.9. The fourth-order valence-corrected chi connectivity index (χ4v) is 3.44. The monoisotopic (exact) mass is 427 g/mol. The van der Waals surface area contributed by atoms with Crippen molar-refractivity contribution in [2.24, 2.45) is 0 Å². The third kappa shape index (κ3) is 4.87. The van der Waals surface area contributed by atoms with Crippen molar-refractivity contribution in [1.82, 2.24) is 4.90 Å². The van der Waals surface area contributed by atoms with E-state index in [2.05, 4.69) is 4.74 Å². The van der Waals surface area contributed by atoms with Gasteiger partial charge in [0.05, 0.1) is 17.6 Å². The number of methoxy groups -OCH3 is 1. The number of ether oxygens (including phenoxy) is 2. The summed E-state index contributed by atoms with van der Waals surface area (Å²) < 4.78 is 10.3. The Balaban J connectivity index is 1.75. The van der Waals surface area contributed by atoms with Gasteiger partial charge < -0.3 is 14.6 Å². The summed E-state index contributed by atoms with van der Waals surface area (Å²) >= 11 is 0.736. The topological polar surface area (TPSA) is 110 Å². The molecular weight excluding hydrogens is 410 g/mol. The zero-order chi connectivity index (χ0) is 21.7. The fraction of sp³-hybridized carbons (Fsp3) is 0.143. The van der Waals surface area contributed by atoms with Crippen LogP contribution in [0.1, 0.15) is 21.5 Å². The van der Waals surface area contributed by atoms with E-state index in [0.29, 0.717) is 11.3 Å². The summed E-state index contributed by atoms with van der Waals surface area (Å²) in [7, 11) is 1.18. The van der Waals surface area contributed by atoms with Crippen LogP contribution in [0.4, 0.5) is 4.79 Å². The van der Waals surface area contributed by atoms with Crippen LogP contribution in [0.5, 0.6) is 5.75 Å². The molecule has 0 atom stereocenters. The SMILES string of the molecule is COC(=O)CN1C(=O)S/C(=C/c2ccccc2OCc2ccc(C(=O)O)cc2)C1=O. The summed E-state index contributed by atoms with van der Waals surface area (Å²) in [5, 5.41) is 8.41. The number of para-hydroxylation sites is 1. The van der Waals surface area contributed by atoms with Gasteiger partial charge in [0.15, 0.2) is 0 Å². The Bertz CT molecular complexity index is 1030. The smallest absolute Gasteiger partial charge is 0.335 e. The van der Waals surface area contributed by atoms with Crippen molar-refractivity contribution in [3.05, 3.63) is 70.1 Å². The lowest BCUT2D eigenvalue weighted by Gasteiger charge is -2.11. The number of thioether (sulfide) groups is 1. The molecule has 1 aliphatic heterocycles. The van der Waals surface area contributed by atoms with Crippen LogP contribution in [0.2, 0.25) is 0 Å². The quantitative estimate of drug-likeness (QED) is 0.530. The van der Waals surface area contributed by atoms with Crippen molar-refractivity contribution in [3.8, 4) is 5.75 Å². The van der Waals surface area contributed by atoms with Crippen molar-refractivity contribution in [1.29, 1.82) is 0 Å². The van der Waals surface area contributed by atoms with E-state index in [-0.39, 0.29) is 17.1 Å². The maximum atomic E-state index is 12.5. The van der Waals surface area contributed by atoms with Crippen LogP contribution in [0.3, 0.4) is 0 Å². The Morgan fingerprint density at radius 2 is 1.80 bits per heavy atom. The van der Waals surface area contributed by atoms with Crippen LogP contribution in [0.25, 0.3) is 6.08 Å². The number of carbonyl (C=O) groups excluding carboxylic acids is 3. The molecule has 0 aliphatic carbocycles. The third-order valence-corrected chi connectivity index (χ3v) is 5.10. The number of nitrogens with zero attached hydrogens (tertiary/aromatic N) is 1. The molecule has 2 aromatic rings. The molecule has 9 heteroatoms. The molecule has 2 aromatic carbocycles. The lowest BCUT2D eigenvalue weighted by atomic mass is 10.1. The molecule has 0 unspecified atom stereocenters. The molecule has 2 amide bonds. The average molecular weight is 427 g/mol. The molecule has 30 heavy (non-hydrogen) atoms. The Hall–Kier alpha value is -3.59. The summed E-state index contributed by atoms with van der Waals surface area (Å²) in [6.07, 6.45) is 1.53. The first-order valence-corrected chi connectivity index (χ1v) is 9.57. The number of rotatable bonds is 7. The van der Waals surface area contributed by atoms with Crippen molar-refractivity contribution < 1.29 is 33.8 Å². The van der Waals surface area contributed by atoms with E-state index < -0.39 is 29.6 Å². The number of hydrogen-bond acceptors (Lipinski definition) is 7. The van der Waals surface area contributed by atoms with Crippen LogP contribution in [-0.4, -0.2) is 46.7 Å². The normalized spacial score (nSPS) is 14.8. The van der Waals surface area contributed by atoms with Gasteiger partial charge in [0.2, 0.25) is 0 Å². The van der Waals surface area contributed by atoms with E-state index in [9.17, 15) is 19.2 Å². The number of hydrogen-bond donors (Lipinski definition) is 1. The number of benzene rings is 2. The highest BCUT2D eigenvalue weighted by Gasteiger charge is 2.36. The minimum absolute atomic E-state index is 0.172. The first-order chi connectivity index (χ1) is 14.4. The van der Waals surface area contributed by atoms with Gasteiger partial charge in [0, 0.05) is 5.56 Å². The second kappa shape index (κ2) is 9.27. The molecule has 3 rings (SSSR count). The standard InChI is InChI=1S/C21H17NO7S/c1-28-18(23)11-22-19(24)17(30-21(22)27)10-15-4-2-3-5-16(15)29-12-13-6-8-14(9-7-13)20(25)26/h2-10H,11-12H2,1H3,(H,25,26)/b17-10+. The van der Waals surface area contributed by atoms with Gasteiger partial charge in [0.1, 0.15) is 18.9 Å². The zero-order valence-corrected chi connectivity index (χ0v) is 16.7. The molecular formula is C21H17NO7S. The largest absolute Gasteiger partial charge is 0.488 e. The Morgan fingerprint density at radius 3 is 2.47 bits per heavy atom. The molecule has 8 nitrogen and oxygen atoms in total. The minimum Gasteiger partial charge on any atom is -0.488 e. The molecule has 0 aromatic heterocycles. The summed E-state index contributed by atoms with van der Waals surface area (Å²) in [5.74, 6) is -1.78. The van der Waals surface area contributed by atoms with Crippen LogP contribution in [0, 0.1) is 0 Å². The molecule has 0 radical (unpaired) electrons. The van der Waals surface area contributed by atoms with Crippen molar-refractivity contribution >= 4 is 40.9 Å². The van der Waals surface area contributed by atoms with Crippen LogP contribution < -0.4 is 4.74 Å². The third-order valence-electron chi connectivity index (χ3n) is 4.19. The number of esters is 1. The molecule has 0 saturated carbocycles. The molecule has 1 aliphatic rings. The molecule has 1 N–H and O–H groups in total. The molecule has 0 bridgehead atoms. The van der Waals surface area contributed by atoms with Crippen molar-refractivity contribution in [2.75, 3.05) is 13.7 Å². The van der Waals surface area contributed by atoms with Crippen molar-refractivity contribution in [3.63, 3.8) is 0 Å². The van der Waals surface area contributed by atoms with E-state index in [4.69, 9.17) is 9.84 Å². The van der Waals surface area contributed by atoms with Gasteiger partial charge in [-0.25, -0.2) is 4.79 Å². The highest BCUT2D eigenvalue weighted by molar-refractivity contribution is 8.18. The maximum absolute atomic E-state index is 12.5. The molecule has 0 spiro atoms. The second-order valence-electron chi connectivity index (χ2n) is 6.17. The molecule has 1 saturated heterocycles. The lowest BCUT2D eigenvalue weighted by molar-refractivity contribution is -0.143. The number of carboxylic acid groups (broad SMARTS) is 1. The van der Waals surface area contributed by atoms with Gasteiger partial charge in [-0.05, 0) is 41.6 Å². The molecule has 1 fully saturated rings. The number of amides is 2. The number of carbonyl (C=O) groups is 4. The van der Waals surface area contributed by atoms with E-state index in [1.807, 2.05) is 0 Å². The van der Waals surface area contributed by atoms with E-state index in [1.165, 1.54) is 25.3 Å². The first-order valence-electron chi connectivity index (χ1n) is 8.75. The molecule has 1 heterocycles. The predicted octanol–water partition coefficient (Wildman–Crippen LogP) is 3.17. The summed E-state index contributed by atoms with van der Waals surface area (Å²) in [6, 6.07) is 13.3. The fourth-order valence-electron chi connectivity index (χ4n) is 2.61. The summed E-state index contributed by atoms with van der Waals surface area (Å²) in [6.45, 7) is -0.252. The van der Waals surface area contributed by atoms with Crippen LogP contribution in [0.15, 0.2) is 53.4 Å². The highest BCUT2D eigenvalue weighted by Crippen LogP contribution is 2.34. The first kappa shape index (κ1) is 21.1. The van der Waals surface area contributed by atoms with Crippen LogP contribution in [-0.2, 0) is 20.9 Å². The highest BCUT2D eigenvalue weighted by atomic mass is 32.2. The average Bonchev–Trinajstić information content (AvgIpc) is 3.00. The van der Waals surface area contributed by atoms with Gasteiger partial charge >= 0.3 is 11.9 Å². The maximum Gasteiger partial charge on any atom is 0.335 e. The number of carboxylic acids is 1. The van der Waals surface area contributed by atoms with E-state index in [1.54, 1.807) is 36.4 Å². The van der Waals surface area contributed by atoms with Crippen LogP contribution >= 0.6 is 11.8 Å². The van der Waals surface area contributed by atoms with Crippen molar-refractivity contribution in [2.45, 2.75) is 6.61 Å². The summed E-state index contributed by atoms with van der Waals surface area (Å²) in [5.41, 5.74) is 1.54. The van der Waals surface area contributed by atoms with Gasteiger partial charge in [-0.2, -0.15) is 0 Å². The Morgan fingerprint density at radius 1 is 1.10 bits per heavy atom. The number of imide groups is 1. The van der Waals surface area contributed by atoms with Gasteiger partial charge in [-0.3, -0.25) is 19.3 Å². The summed E-state index contributed by atoms with van der Waals surface area (Å²) in [4.78, 5) is 47.9. The van der Waals surface area contributed by atoms with E-state index >= 15 is 0 Å². The van der Waals surface area contributed by atoms with E-state index in [0.717, 1.165) is 22.2 Å².